The summed E-state index contributed by atoms with van der Waals surface area (Å²) in [7, 11) is 0. The number of likely N-dealkylation sites (tertiary alicyclic amines) is 1. The lowest BCUT2D eigenvalue weighted by Gasteiger charge is -2.37. The number of halogens is 1. The van der Waals surface area contributed by atoms with Crippen LogP contribution in [-0.4, -0.2) is 52.8 Å². The van der Waals surface area contributed by atoms with Crippen molar-refractivity contribution in [2.24, 2.45) is 5.92 Å². The molecule has 19 heavy (non-hydrogen) atoms. The lowest BCUT2D eigenvalue weighted by Crippen LogP contribution is -2.54. The zero-order chi connectivity index (χ0) is 14.2. The van der Waals surface area contributed by atoms with Gasteiger partial charge in [0, 0.05) is 12.5 Å². The summed E-state index contributed by atoms with van der Waals surface area (Å²) in [6.07, 6.45) is -1.65. The molecular weight excluding hydrogens is 277 g/mol. The van der Waals surface area contributed by atoms with E-state index in [4.69, 9.17) is 13.1 Å². The highest BCUT2D eigenvalue weighted by molar-refractivity contribution is 7.75. The molecular formula is C11H18FNO5S. The highest BCUT2D eigenvalue weighted by Crippen LogP contribution is 2.30. The van der Waals surface area contributed by atoms with Gasteiger partial charge < -0.3 is 9.64 Å². The Morgan fingerprint density at radius 1 is 1.42 bits per heavy atom. The van der Waals surface area contributed by atoms with Gasteiger partial charge in [-0.05, 0) is 20.8 Å². The van der Waals surface area contributed by atoms with E-state index in [1.54, 1.807) is 20.8 Å². The largest absolute Gasteiger partial charge is 0.444 e. The number of alkyl halides is 1. The van der Waals surface area contributed by atoms with Gasteiger partial charge in [-0.25, -0.2) is 4.79 Å². The van der Waals surface area contributed by atoms with Crippen LogP contribution in [0.3, 0.4) is 0 Å². The average molecular weight is 295 g/mol. The minimum Gasteiger partial charge on any atom is -0.444 e. The highest BCUT2D eigenvalue weighted by atomic mass is 32.2. The Kier molecular flexibility index (Phi) is 4.12. The summed E-state index contributed by atoms with van der Waals surface area (Å²) in [5, 5.41) is 0. The maximum atomic E-state index is 13.0. The van der Waals surface area contributed by atoms with Crippen molar-refractivity contribution < 1.29 is 26.5 Å². The first-order valence-corrected chi connectivity index (χ1v) is 7.10. The molecule has 0 radical (unpaired) electrons. The number of nitrogens with zero attached hydrogens (tertiary/aromatic N) is 1. The van der Waals surface area contributed by atoms with Gasteiger partial charge in [0.05, 0.1) is 13.2 Å². The van der Waals surface area contributed by atoms with E-state index in [2.05, 4.69) is 0 Å². The normalized spacial score (nSPS) is 35.1. The summed E-state index contributed by atoms with van der Waals surface area (Å²) in [4.78, 5) is 13.3. The molecule has 110 valence electrons. The number of fused-ring (bicyclic) bond motifs is 1. The van der Waals surface area contributed by atoms with Gasteiger partial charge in [-0.1, -0.05) is 0 Å². The van der Waals surface area contributed by atoms with E-state index in [0.29, 0.717) is 0 Å². The Morgan fingerprint density at radius 2 is 2.11 bits per heavy atom. The van der Waals surface area contributed by atoms with Crippen molar-refractivity contribution in [2.75, 3.05) is 19.8 Å². The summed E-state index contributed by atoms with van der Waals surface area (Å²) in [6.45, 7) is 4.98. The molecule has 2 aliphatic rings. The van der Waals surface area contributed by atoms with E-state index in [9.17, 15) is 13.4 Å². The standard InChI is InChI=1S/C11H18FNO5S/c1-11(2,3)16-10(14)13-5-7(4-12)9-8(6-13)17-19(15)18-9/h7-9H,4-6H2,1-3H3. The summed E-state index contributed by atoms with van der Waals surface area (Å²) >= 11 is -1.86. The van der Waals surface area contributed by atoms with Crippen LogP contribution in [0.2, 0.25) is 0 Å². The fraction of sp³-hybridized carbons (Fsp3) is 0.909. The van der Waals surface area contributed by atoms with Crippen molar-refractivity contribution >= 4 is 17.5 Å². The van der Waals surface area contributed by atoms with E-state index in [-0.39, 0.29) is 13.1 Å². The van der Waals surface area contributed by atoms with Crippen LogP contribution < -0.4 is 0 Å². The fourth-order valence-corrected chi connectivity index (χ4v) is 3.02. The third-order valence-corrected chi connectivity index (χ3v) is 3.71. The van der Waals surface area contributed by atoms with Crippen LogP contribution in [0.5, 0.6) is 0 Å². The molecule has 4 atom stereocenters. The van der Waals surface area contributed by atoms with Crippen molar-refractivity contribution in [3.63, 3.8) is 0 Å². The second kappa shape index (κ2) is 5.34. The molecule has 0 bridgehead atoms. The predicted octanol–water partition coefficient (Wildman–Crippen LogP) is 1.19. The second-order valence-electron chi connectivity index (χ2n) is 5.70. The molecule has 2 aliphatic heterocycles. The Morgan fingerprint density at radius 3 is 2.68 bits per heavy atom. The number of rotatable bonds is 1. The van der Waals surface area contributed by atoms with Crippen LogP contribution in [-0.2, 0) is 24.5 Å². The first-order valence-electron chi connectivity index (χ1n) is 6.10. The first kappa shape index (κ1) is 14.7. The molecule has 4 unspecified atom stereocenters. The molecule has 8 heteroatoms. The number of hydrogen-bond donors (Lipinski definition) is 0. The van der Waals surface area contributed by atoms with Gasteiger partial charge in [-0.15, -0.1) is 0 Å². The molecule has 0 saturated carbocycles. The number of amides is 1. The van der Waals surface area contributed by atoms with Gasteiger partial charge in [-0.2, -0.15) is 4.21 Å². The number of carbonyl (C=O) groups is 1. The number of carbonyl (C=O) groups excluding carboxylic acids is 1. The van der Waals surface area contributed by atoms with Crippen molar-refractivity contribution in [2.45, 2.75) is 38.6 Å². The van der Waals surface area contributed by atoms with Gasteiger partial charge in [0.15, 0.2) is 0 Å². The van der Waals surface area contributed by atoms with Gasteiger partial charge in [0.2, 0.25) is 0 Å². The molecule has 6 nitrogen and oxygen atoms in total. The monoisotopic (exact) mass is 295 g/mol. The van der Waals surface area contributed by atoms with Gasteiger partial charge in [0.25, 0.3) is 0 Å². The highest BCUT2D eigenvalue weighted by Gasteiger charge is 2.47. The van der Waals surface area contributed by atoms with Crippen LogP contribution in [0.25, 0.3) is 0 Å². The van der Waals surface area contributed by atoms with E-state index in [1.807, 2.05) is 0 Å². The molecule has 0 aliphatic carbocycles. The Labute approximate surface area is 114 Å². The molecule has 0 spiro atoms. The van der Waals surface area contributed by atoms with Crippen molar-refractivity contribution in [1.82, 2.24) is 4.90 Å². The second-order valence-corrected chi connectivity index (χ2v) is 6.49. The zero-order valence-corrected chi connectivity index (χ0v) is 11.9. The third-order valence-electron chi connectivity index (χ3n) is 2.93. The van der Waals surface area contributed by atoms with Crippen LogP contribution in [0, 0.1) is 5.92 Å². The van der Waals surface area contributed by atoms with Crippen LogP contribution in [0.1, 0.15) is 20.8 Å². The summed E-state index contributed by atoms with van der Waals surface area (Å²) in [5.41, 5.74) is -0.616. The van der Waals surface area contributed by atoms with E-state index in [0.717, 1.165) is 0 Å². The van der Waals surface area contributed by atoms with Crippen molar-refractivity contribution in [1.29, 1.82) is 0 Å². The smallest absolute Gasteiger partial charge is 0.410 e. The van der Waals surface area contributed by atoms with Crippen LogP contribution in [0.15, 0.2) is 0 Å². The van der Waals surface area contributed by atoms with E-state index >= 15 is 0 Å². The lowest BCUT2D eigenvalue weighted by molar-refractivity contribution is -0.0249. The number of piperidine rings is 1. The summed E-state index contributed by atoms with van der Waals surface area (Å²) < 4.78 is 39.5. The molecule has 0 aromatic rings. The third kappa shape index (κ3) is 3.43. The maximum Gasteiger partial charge on any atom is 0.410 e. The van der Waals surface area contributed by atoms with Crippen molar-refractivity contribution in [3.05, 3.63) is 0 Å². The van der Waals surface area contributed by atoms with Crippen LogP contribution in [0.4, 0.5) is 9.18 Å². The Bertz CT molecular complexity index is 386. The van der Waals surface area contributed by atoms with Gasteiger partial charge >= 0.3 is 17.5 Å². The maximum absolute atomic E-state index is 13.0. The SMILES string of the molecule is CC(C)(C)OC(=O)N1CC(CF)C2OS(=O)OC2C1. The lowest BCUT2D eigenvalue weighted by atomic mass is 9.94. The van der Waals surface area contributed by atoms with Crippen LogP contribution >= 0.6 is 0 Å². The molecule has 0 aromatic carbocycles. The zero-order valence-electron chi connectivity index (χ0n) is 11.1. The quantitative estimate of drug-likeness (QED) is 0.727. The molecule has 2 fully saturated rings. The summed E-state index contributed by atoms with van der Waals surface area (Å²) in [5.74, 6) is -0.544. The molecule has 1 amide bonds. The van der Waals surface area contributed by atoms with Gasteiger partial charge in [-0.3, -0.25) is 12.8 Å². The van der Waals surface area contributed by atoms with Gasteiger partial charge in [0.1, 0.15) is 17.8 Å². The predicted molar refractivity (Wildman–Crippen MR) is 65.2 cm³/mol. The first-order chi connectivity index (χ1) is 8.80. The molecule has 2 heterocycles. The Balaban J connectivity index is 2.04. The molecule has 0 aromatic heterocycles. The minimum absolute atomic E-state index is 0.174. The molecule has 2 rings (SSSR count). The number of hydrogen-bond acceptors (Lipinski definition) is 5. The minimum atomic E-state index is -1.86. The average Bonchev–Trinajstić information content (AvgIpc) is 2.65. The molecule has 2 saturated heterocycles. The topological polar surface area (TPSA) is 65.1 Å². The fourth-order valence-electron chi connectivity index (χ4n) is 2.14. The van der Waals surface area contributed by atoms with Crippen molar-refractivity contribution in [3.8, 4) is 0 Å². The molecule has 0 N–H and O–H groups in total. The Hall–Kier alpha value is -0.730. The van der Waals surface area contributed by atoms with E-state index < -0.39 is 47.9 Å². The summed E-state index contributed by atoms with van der Waals surface area (Å²) in [6, 6.07) is 0. The van der Waals surface area contributed by atoms with E-state index in [1.165, 1.54) is 4.90 Å². The number of ether oxygens (including phenoxy) is 1.